The van der Waals surface area contributed by atoms with Gasteiger partial charge in [-0.05, 0) is 19.8 Å². The van der Waals surface area contributed by atoms with Crippen molar-refractivity contribution in [3.63, 3.8) is 0 Å². The van der Waals surface area contributed by atoms with E-state index in [1.54, 1.807) is 7.05 Å². The molecule has 1 atom stereocenters. The molecule has 0 aliphatic carbocycles. The molecule has 0 aromatic carbocycles. The Morgan fingerprint density at radius 3 is 2.68 bits per heavy atom. The molecule has 1 aliphatic heterocycles. The molecular weight excluding hydrogens is 250 g/mol. The van der Waals surface area contributed by atoms with Crippen LogP contribution >= 0.6 is 0 Å². The van der Waals surface area contributed by atoms with Crippen molar-refractivity contribution in [1.29, 1.82) is 0 Å². The van der Waals surface area contributed by atoms with Gasteiger partial charge in [0.05, 0.1) is 5.92 Å². The number of carboxylic acid groups (broad SMARTS) is 1. The van der Waals surface area contributed by atoms with Crippen LogP contribution in [0.2, 0.25) is 0 Å². The standard InChI is InChI=1S/C12H21N3O4/c1-3-13-10(16)8-14(2)12(19)15-6-4-5-9(7-15)11(17)18/h9H,3-8H2,1-2H3,(H,13,16)(H,17,18)/t9-/m0/s1. The van der Waals surface area contributed by atoms with Gasteiger partial charge in [0.2, 0.25) is 5.91 Å². The zero-order chi connectivity index (χ0) is 14.4. The average Bonchev–Trinajstić information content (AvgIpc) is 2.38. The molecule has 0 bridgehead atoms. The fourth-order valence-electron chi connectivity index (χ4n) is 2.13. The van der Waals surface area contributed by atoms with Gasteiger partial charge in [-0.25, -0.2) is 4.79 Å². The predicted octanol–water partition coefficient (Wildman–Crippen LogP) is -0.0291. The number of hydrogen-bond donors (Lipinski definition) is 2. The van der Waals surface area contributed by atoms with Crippen molar-refractivity contribution in [2.24, 2.45) is 5.92 Å². The summed E-state index contributed by atoms with van der Waals surface area (Å²) in [6.07, 6.45) is 1.27. The summed E-state index contributed by atoms with van der Waals surface area (Å²) in [6, 6.07) is -0.294. The number of likely N-dealkylation sites (N-methyl/N-ethyl adjacent to an activating group) is 2. The Kier molecular flexibility index (Phi) is 5.59. The molecule has 1 saturated heterocycles. The zero-order valence-electron chi connectivity index (χ0n) is 11.4. The third kappa shape index (κ3) is 4.42. The van der Waals surface area contributed by atoms with Gasteiger partial charge in [-0.2, -0.15) is 0 Å². The molecule has 0 spiro atoms. The molecular formula is C12H21N3O4. The van der Waals surface area contributed by atoms with Crippen LogP contribution in [0.3, 0.4) is 0 Å². The largest absolute Gasteiger partial charge is 0.481 e. The number of rotatable bonds is 4. The van der Waals surface area contributed by atoms with Crippen molar-refractivity contribution in [3.8, 4) is 0 Å². The number of carbonyl (C=O) groups excluding carboxylic acids is 2. The lowest BCUT2D eigenvalue weighted by atomic mass is 9.99. The van der Waals surface area contributed by atoms with Crippen LogP contribution in [-0.4, -0.2) is 66.0 Å². The van der Waals surface area contributed by atoms with E-state index in [9.17, 15) is 14.4 Å². The van der Waals surface area contributed by atoms with Gasteiger partial charge < -0.3 is 20.2 Å². The Morgan fingerprint density at radius 2 is 2.11 bits per heavy atom. The van der Waals surface area contributed by atoms with E-state index in [1.165, 1.54) is 9.80 Å². The molecule has 3 amide bonds. The fraction of sp³-hybridized carbons (Fsp3) is 0.750. The van der Waals surface area contributed by atoms with E-state index in [0.29, 0.717) is 25.9 Å². The number of carbonyl (C=O) groups is 3. The van der Waals surface area contributed by atoms with Crippen LogP contribution in [0.4, 0.5) is 4.79 Å². The fourth-order valence-corrected chi connectivity index (χ4v) is 2.13. The summed E-state index contributed by atoms with van der Waals surface area (Å²) in [6.45, 7) is 3.07. The molecule has 0 aromatic heterocycles. The number of aliphatic carboxylic acids is 1. The third-order valence-electron chi connectivity index (χ3n) is 3.12. The number of piperidine rings is 1. The highest BCUT2D eigenvalue weighted by Gasteiger charge is 2.29. The second-order valence-electron chi connectivity index (χ2n) is 4.72. The van der Waals surface area contributed by atoms with Gasteiger partial charge in [0.1, 0.15) is 6.54 Å². The summed E-state index contributed by atoms with van der Waals surface area (Å²) in [5.41, 5.74) is 0. The van der Waals surface area contributed by atoms with Crippen molar-refractivity contribution in [1.82, 2.24) is 15.1 Å². The lowest BCUT2D eigenvalue weighted by Gasteiger charge is -2.33. The van der Waals surface area contributed by atoms with Crippen LogP contribution < -0.4 is 5.32 Å². The summed E-state index contributed by atoms with van der Waals surface area (Å²) in [4.78, 5) is 37.2. The molecule has 108 valence electrons. The Morgan fingerprint density at radius 1 is 1.42 bits per heavy atom. The lowest BCUT2D eigenvalue weighted by molar-refractivity contribution is -0.143. The summed E-state index contributed by atoms with van der Waals surface area (Å²) in [5.74, 6) is -1.59. The Balaban J connectivity index is 2.51. The molecule has 0 radical (unpaired) electrons. The monoisotopic (exact) mass is 271 g/mol. The van der Waals surface area contributed by atoms with Gasteiger partial charge in [0.25, 0.3) is 0 Å². The molecule has 1 fully saturated rings. The molecule has 2 N–H and O–H groups in total. The van der Waals surface area contributed by atoms with E-state index in [4.69, 9.17) is 5.11 Å². The number of carboxylic acids is 1. The van der Waals surface area contributed by atoms with Crippen LogP contribution in [0, 0.1) is 5.92 Å². The number of urea groups is 1. The topological polar surface area (TPSA) is 90.0 Å². The minimum absolute atomic E-state index is 0.0130. The van der Waals surface area contributed by atoms with Crippen LogP contribution in [0.25, 0.3) is 0 Å². The van der Waals surface area contributed by atoms with E-state index < -0.39 is 11.9 Å². The molecule has 1 aliphatic rings. The molecule has 19 heavy (non-hydrogen) atoms. The van der Waals surface area contributed by atoms with Gasteiger partial charge in [-0.15, -0.1) is 0 Å². The molecule has 0 aromatic rings. The number of hydrogen-bond acceptors (Lipinski definition) is 3. The van der Waals surface area contributed by atoms with Crippen molar-refractivity contribution in [3.05, 3.63) is 0 Å². The first-order chi connectivity index (χ1) is 8.95. The highest BCUT2D eigenvalue weighted by atomic mass is 16.4. The second kappa shape index (κ2) is 6.96. The number of likely N-dealkylation sites (tertiary alicyclic amines) is 1. The number of nitrogens with zero attached hydrogens (tertiary/aromatic N) is 2. The van der Waals surface area contributed by atoms with Gasteiger partial charge >= 0.3 is 12.0 Å². The third-order valence-corrected chi connectivity index (χ3v) is 3.12. The van der Waals surface area contributed by atoms with Crippen molar-refractivity contribution >= 4 is 17.9 Å². The minimum Gasteiger partial charge on any atom is -0.481 e. The maximum Gasteiger partial charge on any atom is 0.320 e. The minimum atomic E-state index is -0.871. The van der Waals surface area contributed by atoms with Crippen molar-refractivity contribution in [2.45, 2.75) is 19.8 Å². The first kappa shape index (κ1) is 15.3. The Labute approximate surface area is 112 Å². The van der Waals surface area contributed by atoms with Crippen LogP contribution in [0.15, 0.2) is 0 Å². The average molecular weight is 271 g/mol. The van der Waals surface area contributed by atoms with E-state index in [2.05, 4.69) is 5.32 Å². The maximum atomic E-state index is 12.1. The van der Waals surface area contributed by atoms with Gasteiger partial charge in [0.15, 0.2) is 0 Å². The van der Waals surface area contributed by atoms with E-state index in [0.717, 1.165) is 0 Å². The molecule has 0 unspecified atom stereocenters. The van der Waals surface area contributed by atoms with Crippen LogP contribution in [0.5, 0.6) is 0 Å². The Hall–Kier alpha value is -1.79. The van der Waals surface area contributed by atoms with Crippen LogP contribution in [0.1, 0.15) is 19.8 Å². The van der Waals surface area contributed by atoms with Gasteiger partial charge in [-0.1, -0.05) is 0 Å². The Bertz CT molecular complexity index is 359. The van der Waals surface area contributed by atoms with E-state index >= 15 is 0 Å². The van der Waals surface area contributed by atoms with Gasteiger partial charge in [0, 0.05) is 26.7 Å². The molecule has 1 heterocycles. The molecule has 0 saturated carbocycles. The quantitative estimate of drug-likeness (QED) is 0.751. The van der Waals surface area contributed by atoms with Crippen molar-refractivity contribution < 1.29 is 19.5 Å². The summed E-state index contributed by atoms with van der Waals surface area (Å²) in [7, 11) is 1.54. The maximum absolute atomic E-state index is 12.1. The molecule has 1 rings (SSSR count). The first-order valence-corrected chi connectivity index (χ1v) is 6.45. The summed E-state index contributed by atoms with van der Waals surface area (Å²) in [5, 5.41) is 11.6. The summed E-state index contributed by atoms with van der Waals surface area (Å²) >= 11 is 0. The normalized spacial score (nSPS) is 18.8. The molecule has 7 heteroatoms. The van der Waals surface area contributed by atoms with Crippen LogP contribution in [-0.2, 0) is 9.59 Å². The highest BCUT2D eigenvalue weighted by Crippen LogP contribution is 2.17. The van der Waals surface area contributed by atoms with Gasteiger partial charge in [-0.3, -0.25) is 9.59 Å². The number of nitrogens with one attached hydrogen (secondary N) is 1. The van der Waals surface area contributed by atoms with E-state index in [-0.39, 0.29) is 25.0 Å². The number of amides is 3. The smallest absolute Gasteiger partial charge is 0.320 e. The lowest BCUT2D eigenvalue weighted by Crippen LogP contribution is -2.49. The SMILES string of the molecule is CCNC(=O)CN(C)C(=O)N1CCC[C@H](C(=O)O)C1. The van der Waals surface area contributed by atoms with E-state index in [1.807, 2.05) is 6.92 Å². The summed E-state index contributed by atoms with van der Waals surface area (Å²) < 4.78 is 0. The highest BCUT2D eigenvalue weighted by molar-refractivity contribution is 5.84. The van der Waals surface area contributed by atoms with Crippen molar-refractivity contribution in [2.75, 3.05) is 33.2 Å². The second-order valence-corrected chi connectivity index (χ2v) is 4.72. The first-order valence-electron chi connectivity index (χ1n) is 6.45. The molecule has 7 nitrogen and oxygen atoms in total. The predicted molar refractivity (Wildman–Crippen MR) is 68.6 cm³/mol. The zero-order valence-corrected chi connectivity index (χ0v) is 11.4.